The maximum absolute atomic E-state index is 13.3. The Morgan fingerprint density at radius 1 is 1.35 bits per heavy atom. The van der Waals surface area contributed by atoms with Crippen LogP contribution in [0.1, 0.15) is 16.8 Å². The summed E-state index contributed by atoms with van der Waals surface area (Å²) in [6.45, 7) is 0.777. The third-order valence-electron chi connectivity index (χ3n) is 2.81. The molecule has 1 aromatic carbocycles. The largest absolute Gasteiger partial charge is 0.481 e. The van der Waals surface area contributed by atoms with E-state index in [0.29, 0.717) is 13.1 Å². The number of benzene rings is 1. The minimum absolute atomic E-state index is 0.0109. The molecule has 4 nitrogen and oxygen atoms in total. The van der Waals surface area contributed by atoms with E-state index < -0.39 is 11.8 Å². The second-order valence-corrected chi connectivity index (χ2v) is 4.15. The third kappa shape index (κ3) is 2.43. The van der Waals surface area contributed by atoms with Gasteiger partial charge >= 0.3 is 5.97 Å². The summed E-state index contributed by atoms with van der Waals surface area (Å²) in [5.74, 6) is -1.79. The first kappa shape index (κ1) is 11.6. The first-order chi connectivity index (χ1) is 8.08. The number of carboxylic acids is 1. The van der Waals surface area contributed by atoms with Crippen LogP contribution < -0.4 is 0 Å². The maximum atomic E-state index is 13.3. The normalized spacial score (nSPS) is 15.5. The van der Waals surface area contributed by atoms with Gasteiger partial charge in [0, 0.05) is 19.0 Å². The Balaban J connectivity index is 1.96. The lowest BCUT2D eigenvalue weighted by atomic mass is 9.95. The average Bonchev–Trinajstić information content (AvgIpc) is 2.22. The van der Waals surface area contributed by atoms with Crippen LogP contribution in [0.25, 0.3) is 0 Å². The van der Waals surface area contributed by atoms with Gasteiger partial charge in [-0.1, -0.05) is 12.1 Å². The number of amides is 1. The number of hydrogen-bond donors (Lipinski definition) is 1. The van der Waals surface area contributed by atoms with E-state index in [0.717, 1.165) is 0 Å². The van der Waals surface area contributed by atoms with Crippen molar-refractivity contribution >= 4 is 11.9 Å². The molecule has 1 aromatic rings. The molecule has 0 aromatic heterocycles. The highest BCUT2D eigenvalue weighted by atomic mass is 19.1. The molecule has 0 radical (unpaired) electrons. The van der Waals surface area contributed by atoms with E-state index in [2.05, 4.69) is 0 Å². The molecule has 2 rings (SSSR count). The molecule has 1 heterocycles. The zero-order valence-electron chi connectivity index (χ0n) is 9.10. The molecule has 1 aliphatic rings. The van der Waals surface area contributed by atoms with Crippen molar-refractivity contribution in [3.63, 3.8) is 0 Å². The highest BCUT2D eigenvalue weighted by molar-refractivity contribution is 5.95. The fourth-order valence-electron chi connectivity index (χ4n) is 1.92. The Morgan fingerprint density at radius 2 is 2.00 bits per heavy atom. The van der Waals surface area contributed by atoms with Crippen molar-refractivity contribution in [2.45, 2.75) is 6.42 Å². The predicted molar refractivity (Wildman–Crippen MR) is 58.0 cm³/mol. The zero-order chi connectivity index (χ0) is 12.4. The molecule has 90 valence electrons. The second kappa shape index (κ2) is 4.53. The van der Waals surface area contributed by atoms with Gasteiger partial charge in [0.1, 0.15) is 5.82 Å². The summed E-state index contributed by atoms with van der Waals surface area (Å²) in [5.41, 5.74) is 0.0428. The lowest BCUT2D eigenvalue weighted by Crippen LogP contribution is -2.50. The third-order valence-corrected chi connectivity index (χ3v) is 2.81. The topological polar surface area (TPSA) is 57.6 Å². The van der Waals surface area contributed by atoms with E-state index in [-0.39, 0.29) is 23.8 Å². The van der Waals surface area contributed by atoms with Crippen molar-refractivity contribution in [2.24, 2.45) is 5.92 Å². The van der Waals surface area contributed by atoms with Crippen molar-refractivity contribution in [3.8, 4) is 0 Å². The number of rotatable bonds is 3. The van der Waals surface area contributed by atoms with Gasteiger partial charge in [-0.2, -0.15) is 0 Å². The van der Waals surface area contributed by atoms with E-state index in [9.17, 15) is 14.0 Å². The first-order valence-electron chi connectivity index (χ1n) is 5.33. The minimum Gasteiger partial charge on any atom is -0.481 e. The van der Waals surface area contributed by atoms with E-state index in [1.165, 1.54) is 23.1 Å². The number of nitrogens with zero attached hydrogens (tertiary/aromatic N) is 1. The van der Waals surface area contributed by atoms with Crippen molar-refractivity contribution in [3.05, 3.63) is 35.6 Å². The SMILES string of the molecule is O=C(O)CC1CN(C(=O)c2ccccc2F)C1. The molecule has 1 N–H and O–H groups in total. The molecule has 0 bridgehead atoms. The second-order valence-electron chi connectivity index (χ2n) is 4.15. The summed E-state index contributed by atoms with van der Waals surface area (Å²) in [5, 5.41) is 8.57. The smallest absolute Gasteiger partial charge is 0.303 e. The standard InChI is InChI=1S/C12H12FNO3/c13-10-4-2-1-3-9(10)12(17)14-6-8(7-14)5-11(15)16/h1-4,8H,5-7H2,(H,15,16). The van der Waals surface area contributed by atoms with Crippen LogP contribution in [0.3, 0.4) is 0 Å². The van der Waals surface area contributed by atoms with Gasteiger partial charge in [-0.05, 0) is 12.1 Å². The van der Waals surface area contributed by atoms with Crippen molar-refractivity contribution < 1.29 is 19.1 Å². The summed E-state index contributed by atoms with van der Waals surface area (Å²) >= 11 is 0. The van der Waals surface area contributed by atoms with Gasteiger partial charge in [0.25, 0.3) is 5.91 Å². The summed E-state index contributed by atoms with van der Waals surface area (Å²) in [4.78, 5) is 23.7. The zero-order valence-corrected chi connectivity index (χ0v) is 9.10. The highest BCUT2D eigenvalue weighted by Gasteiger charge is 2.33. The molecule has 1 fully saturated rings. The fourth-order valence-corrected chi connectivity index (χ4v) is 1.92. The number of carboxylic acid groups (broad SMARTS) is 1. The lowest BCUT2D eigenvalue weighted by Gasteiger charge is -2.38. The Bertz CT molecular complexity index is 455. The number of hydrogen-bond acceptors (Lipinski definition) is 2. The first-order valence-corrected chi connectivity index (χ1v) is 5.33. The van der Waals surface area contributed by atoms with Crippen LogP contribution in [0.5, 0.6) is 0 Å². The van der Waals surface area contributed by atoms with Gasteiger partial charge < -0.3 is 10.0 Å². The number of carbonyl (C=O) groups excluding carboxylic acids is 1. The number of carbonyl (C=O) groups is 2. The molecule has 0 saturated carbocycles. The van der Waals surface area contributed by atoms with Gasteiger partial charge in [0.2, 0.25) is 0 Å². The van der Waals surface area contributed by atoms with Crippen LogP contribution >= 0.6 is 0 Å². The molecule has 1 amide bonds. The summed E-state index contributed by atoms with van der Waals surface area (Å²) in [7, 11) is 0. The molecule has 0 spiro atoms. The molecule has 1 saturated heterocycles. The average molecular weight is 237 g/mol. The molecule has 5 heteroatoms. The quantitative estimate of drug-likeness (QED) is 0.863. The van der Waals surface area contributed by atoms with Gasteiger partial charge in [-0.3, -0.25) is 9.59 Å². The van der Waals surface area contributed by atoms with E-state index in [4.69, 9.17) is 5.11 Å². The fraction of sp³-hybridized carbons (Fsp3) is 0.333. The highest BCUT2D eigenvalue weighted by Crippen LogP contribution is 2.22. The molecule has 0 aliphatic carbocycles. The van der Waals surface area contributed by atoms with Crippen LogP contribution in [-0.2, 0) is 4.79 Å². The molecule has 1 aliphatic heterocycles. The van der Waals surface area contributed by atoms with E-state index in [1.807, 2.05) is 0 Å². The summed E-state index contributed by atoms with van der Waals surface area (Å²) < 4.78 is 13.3. The Kier molecular flexibility index (Phi) is 3.08. The molecule has 0 atom stereocenters. The van der Waals surface area contributed by atoms with Gasteiger partial charge in [-0.25, -0.2) is 4.39 Å². The summed E-state index contributed by atoms with van der Waals surface area (Å²) in [6, 6.07) is 5.80. The van der Waals surface area contributed by atoms with Crippen LogP contribution in [0.4, 0.5) is 4.39 Å². The minimum atomic E-state index is -0.868. The molecular weight excluding hydrogens is 225 g/mol. The number of likely N-dealkylation sites (tertiary alicyclic amines) is 1. The number of halogens is 1. The number of aliphatic carboxylic acids is 1. The predicted octanol–water partition coefficient (Wildman–Crippen LogP) is 1.37. The Labute approximate surface area is 97.7 Å². The van der Waals surface area contributed by atoms with Crippen molar-refractivity contribution in [2.75, 3.05) is 13.1 Å². The van der Waals surface area contributed by atoms with Crippen molar-refractivity contribution in [1.82, 2.24) is 4.90 Å². The van der Waals surface area contributed by atoms with Crippen LogP contribution in [0, 0.1) is 11.7 Å². The molecular formula is C12H12FNO3. The maximum Gasteiger partial charge on any atom is 0.303 e. The van der Waals surface area contributed by atoms with Crippen molar-refractivity contribution in [1.29, 1.82) is 0 Å². The van der Waals surface area contributed by atoms with Gasteiger partial charge in [-0.15, -0.1) is 0 Å². The van der Waals surface area contributed by atoms with Crippen LogP contribution in [0.15, 0.2) is 24.3 Å². The van der Waals surface area contributed by atoms with E-state index >= 15 is 0 Å². The Hall–Kier alpha value is -1.91. The Morgan fingerprint density at radius 3 is 2.59 bits per heavy atom. The van der Waals surface area contributed by atoms with Gasteiger partial charge in [0.05, 0.1) is 12.0 Å². The molecule has 0 unspecified atom stereocenters. The van der Waals surface area contributed by atoms with Gasteiger partial charge in [0.15, 0.2) is 0 Å². The van der Waals surface area contributed by atoms with E-state index in [1.54, 1.807) is 6.07 Å². The van der Waals surface area contributed by atoms with Crippen LogP contribution in [0.2, 0.25) is 0 Å². The monoisotopic (exact) mass is 237 g/mol. The molecule has 17 heavy (non-hydrogen) atoms. The van der Waals surface area contributed by atoms with Crippen LogP contribution in [-0.4, -0.2) is 35.0 Å². The lowest BCUT2D eigenvalue weighted by molar-refractivity contribution is -0.139. The summed E-state index contributed by atoms with van der Waals surface area (Å²) in [6.07, 6.45) is 0.0566.